The molecule has 1 aliphatic rings. The van der Waals surface area contributed by atoms with Gasteiger partial charge in [-0.1, -0.05) is 6.07 Å². The lowest BCUT2D eigenvalue weighted by molar-refractivity contribution is 0.0738. The number of carbonyl (C=O) groups excluding carboxylic acids is 1. The fraction of sp³-hybridized carbons (Fsp3) is 0.375. The average Bonchev–Trinajstić information content (AvgIpc) is 3.33. The molecule has 0 aromatic carbocycles. The molecule has 0 saturated heterocycles. The van der Waals surface area contributed by atoms with Crippen molar-refractivity contribution in [1.29, 1.82) is 0 Å². The van der Waals surface area contributed by atoms with Gasteiger partial charge in [0.05, 0.1) is 11.4 Å². The number of hydrogen-bond acceptors (Lipinski definition) is 5. The van der Waals surface area contributed by atoms with E-state index in [0.29, 0.717) is 13.1 Å². The predicted molar refractivity (Wildman–Crippen MR) is 90.7 cm³/mol. The maximum absolute atomic E-state index is 12.7. The van der Waals surface area contributed by atoms with E-state index in [1.54, 1.807) is 6.33 Å². The third-order valence-corrected chi connectivity index (χ3v) is 5.29. The Balaban J connectivity index is 1.71. The molecule has 0 bridgehead atoms. The third kappa shape index (κ3) is 2.34. The average molecular weight is 342 g/mol. The minimum absolute atomic E-state index is 0.0856. The van der Waals surface area contributed by atoms with Gasteiger partial charge in [-0.2, -0.15) is 5.10 Å². The van der Waals surface area contributed by atoms with Crippen molar-refractivity contribution in [3.8, 4) is 11.5 Å². The molecule has 1 amide bonds. The van der Waals surface area contributed by atoms with Gasteiger partial charge in [-0.15, -0.1) is 21.5 Å². The van der Waals surface area contributed by atoms with Crippen LogP contribution in [0.15, 0.2) is 23.8 Å². The van der Waals surface area contributed by atoms with E-state index >= 15 is 0 Å². The number of aromatic nitrogens is 5. The van der Waals surface area contributed by atoms with E-state index in [1.165, 1.54) is 17.0 Å². The molecule has 7 nitrogen and oxygen atoms in total. The quantitative estimate of drug-likeness (QED) is 0.730. The number of hydrogen-bond donors (Lipinski definition) is 0. The molecule has 0 fully saturated rings. The second kappa shape index (κ2) is 5.86. The second-order valence-corrected chi connectivity index (χ2v) is 6.74. The number of aryl methyl sites for hydroxylation is 2. The molecule has 0 radical (unpaired) electrons. The van der Waals surface area contributed by atoms with Crippen LogP contribution in [0.4, 0.5) is 0 Å². The maximum Gasteiger partial charge on any atom is 0.264 e. The maximum atomic E-state index is 12.7. The summed E-state index contributed by atoms with van der Waals surface area (Å²) in [7, 11) is 1.95. The van der Waals surface area contributed by atoms with Gasteiger partial charge in [-0.25, -0.2) is 0 Å². The number of rotatable bonds is 3. The number of carbonyl (C=O) groups is 1. The minimum atomic E-state index is 0.0856. The molecule has 0 aliphatic carbocycles. The van der Waals surface area contributed by atoms with Crippen LogP contribution in [0.3, 0.4) is 0 Å². The van der Waals surface area contributed by atoms with E-state index in [0.717, 1.165) is 34.9 Å². The Morgan fingerprint density at radius 2 is 2.29 bits per heavy atom. The summed E-state index contributed by atoms with van der Waals surface area (Å²) in [6.45, 7) is 4.11. The Bertz CT molecular complexity index is 879. The summed E-state index contributed by atoms with van der Waals surface area (Å²) >= 11 is 1.48. The van der Waals surface area contributed by atoms with E-state index in [1.807, 2.05) is 38.7 Å². The van der Waals surface area contributed by atoms with Crippen LogP contribution >= 0.6 is 11.3 Å². The molecule has 3 aromatic rings. The third-order valence-electron chi connectivity index (χ3n) is 4.43. The summed E-state index contributed by atoms with van der Waals surface area (Å²) in [6.07, 6.45) is 2.52. The fourth-order valence-corrected chi connectivity index (χ4v) is 3.86. The van der Waals surface area contributed by atoms with Crippen LogP contribution in [0.5, 0.6) is 0 Å². The molecule has 0 N–H and O–H groups in total. The Labute approximate surface area is 143 Å². The highest BCUT2D eigenvalue weighted by Gasteiger charge is 2.29. The zero-order chi connectivity index (χ0) is 16.7. The largest absolute Gasteiger partial charge is 0.333 e. The smallest absolute Gasteiger partial charge is 0.264 e. The standard InChI is InChI=1S/C16H18N6OS/c1-3-21-10-17-18-15(21)14-11-9-22(7-6-12(11)20(2)19-14)16(23)13-5-4-8-24-13/h4-5,8,10H,3,6-7,9H2,1-2H3. The normalized spacial score (nSPS) is 14.0. The topological polar surface area (TPSA) is 68.8 Å². The van der Waals surface area contributed by atoms with Crippen LogP contribution in [0.2, 0.25) is 0 Å². The molecule has 8 heteroatoms. The SMILES string of the molecule is CCn1cnnc1-c1nn(C)c2c1CN(C(=O)c1cccs1)CC2. The highest BCUT2D eigenvalue weighted by Crippen LogP contribution is 2.29. The van der Waals surface area contributed by atoms with E-state index in [-0.39, 0.29) is 5.91 Å². The van der Waals surface area contributed by atoms with Crippen molar-refractivity contribution in [1.82, 2.24) is 29.4 Å². The summed E-state index contributed by atoms with van der Waals surface area (Å²) in [4.78, 5) is 15.3. The van der Waals surface area contributed by atoms with Gasteiger partial charge in [0.2, 0.25) is 0 Å². The zero-order valence-corrected chi connectivity index (χ0v) is 14.5. The molecule has 0 unspecified atom stereocenters. The molecule has 0 spiro atoms. The molecule has 4 rings (SSSR count). The van der Waals surface area contributed by atoms with E-state index in [2.05, 4.69) is 22.2 Å². The van der Waals surface area contributed by atoms with Crippen molar-refractivity contribution >= 4 is 17.2 Å². The molecular formula is C16H18N6OS. The van der Waals surface area contributed by atoms with Crippen LogP contribution in [0.25, 0.3) is 11.5 Å². The van der Waals surface area contributed by atoms with Gasteiger partial charge < -0.3 is 9.47 Å². The van der Waals surface area contributed by atoms with Crippen molar-refractivity contribution in [2.24, 2.45) is 7.05 Å². The molecular weight excluding hydrogens is 324 g/mol. The van der Waals surface area contributed by atoms with Crippen LogP contribution in [0, 0.1) is 0 Å². The molecule has 1 aliphatic heterocycles. The summed E-state index contributed by atoms with van der Waals surface area (Å²) in [6, 6.07) is 3.78. The van der Waals surface area contributed by atoms with Crippen molar-refractivity contribution in [3.63, 3.8) is 0 Å². The first-order chi connectivity index (χ1) is 11.7. The van der Waals surface area contributed by atoms with Gasteiger partial charge in [0.25, 0.3) is 5.91 Å². The van der Waals surface area contributed by atoms with Crippen molar-refractivity contribution in [2.45, 2.75) is 26.4 Å². The van der Waals surface area contributed by atoms with Crippen LogP contribution in [-0.2, 0) is 26.6 Å². The van der Waals surface area contributed by atoms with Crippen molar-refractivity contribution in [3.05, 3.63) is 40.0 Å². The highest BCUT2D eigenvalue weighted by atomic mass is 32.1. The summed E-state index contributed by atoms with van der Waals surface area (Å²) in [5.74, 6) is 0.849. The Kier molecular flexibility index (Phi) is 3.68. The van der Waals surface area contributed by atoms with Gasteiger partial charge in [-0.3, -0.25) is 9.48 Å². The molecule has 4 heterocycles. The monoisotopic (exact) mass is 342 g/mol. The Morgan fingerprint density at radius 1 is 1.42 bits per heavy atom. The molecule has 24 heavy (non-hydrogen) atoms. The number of nitrogens with zero attached hydrogens (tertiary/aromatic N) is 6. The lowest BCUT2D eigenvalue weighted by Crippen LogP contribution is -2.36. The first kappa shape index (κ1) is 15.1. The zero-order valence-electron chi connectivity index (χ0n) is 13.6. The summed E-state index contributed by atoms with van der Waals surface area (Å²) in [5.41, 5.74) is 3.08. The minimum Gasteiger partial charge on any atom is -0.333 e. The predicted octanol–water partition coefficient (Wildman–Crippen LogP) is 1.96. The van der Waals surface area contributed by atoms with E-state index in [9.17, 15) is 4.79 Å². The van der Waals surface area contributed by atoms with Gasteiger partial charge in [-0.05, 0) is 18.4 Å². The van der Waals surface area contributed by atoms with Crippen LogP contribution < -0.4 is 0 Å². The second-order valence-electron chi connectivity index (χ2n) is 5.79. The van der Waals surface area contributed by atoms with Gasteiger partial charge in [0.15, 0.2) is 5.82 Å². The van der Waals surface area contributed by atoms with Gasteiger partial charge in [0.1, 0.15) is 12.0 Å². The molecule has 0 saturated carbocycles. The van der Waals surface area contributed by atoms with E-state index < -0.39 is 0 Å². The first-order valence-corrected chi connectivity index (χ1v) is 8.82. The summed E-state index contributed by atoms with van der Waals surface area (Å²) in [5, 5.41) is 14.8. The first-order valence-electron chi connectivity index (χ1n) is 7.94. The number of thiophene rings is 1. The van der Waals surface area contributed by atoms with Crippen molar-refractivity contribution < 1.29 is 4.79 Å². The van der Waals surface area contributed by atoms with E-state index in [4.69, 9.17) is 0 Å². The van der Waals surface area contributed by atoms with Gasteiger partial charge >= 0.3 is 0 Å². The highest BCUT2D eigenvalue weighted by molar-refractivity contribution is 7.12. The number of fused-ring (bicyclic) bond motifs is 1. The van der Waals surface area contributed by atoms with Gasteiger partial charge in [0, 0.05) is 37.8 Å². The lowest BCUT2D eigenvalue weighted by Gasteiger charge is -2.27. The van der Waals surface area contributed by atoms with Crippen LogP contribution in [0.1, 0.15) is 27.9 Å². The molecule has 124 valence electrons. The molecule has 0 atom stereocenters. The Morgan fingerprint density at radius 3 is 3.04 bits per heavy atom. The Hall–Kier alpha value is -2.48. The van der Waals surface area contributed by atoms with Crippen molar-refractivity contribution in [2.75, 3.05) is 6.54 Å². The lowest BCUT2D eigenvalue weighted by atomic mass is 10.0. The molecule has 3 aromatic heterocycles. The number of amides is 1. The summed E-state index contributed by atoms with van der Waals surface area (Å²) < 4.78 is 3.88. The van der Waals surface area contributed by atoms with Crippen LogP contribution in [-0.4, -0.2) is 41.9 Å². The fourth-order valence-electron chi connectivity index (χ4n) is 3.17.